The summed E-state index contributed by atoms with van der Waals surface area (Å²) < 4.78 is 0. The summed E-state index contributed by atoms with van der Waals surface area (Å²) in [5.41, 5.74) is 7.09. The van der Waals surface area contributed by atoms with Crippen molar-refractivity contribution in [1.82, 2.24) is 15.8 Å². The fourth-order valence-electron chi connectivity index (χ4n) is 2.37. The average Bonchev–Trinajstić information content (AvgIpc) is 2.78. The van der Waals surface area contributed by atoms with Crippen molar-refractivity contribution in [2.75, 3.05) is 5.32 Å². The molecule has 0 bridgehead atoms. The largest absolute Gasteiger partial charge is 0.331 e. The standard InChI is InChI=1S/C19H15N7O4S/c27-25(28)15-8-4-13(5-9-15)21-18(17-3-1-2-12-20-17)23-24-19(31)22-14-6-10-16(11-7-14)26(29)30/h1-12H,(H,21,23)(H2,22,24,31). The smallest absolute Gasteiger partial charge is 0.269 e. The molecule has 156 valence electrons. The number of pyridine rings is 1. The lowest BCUT2D eigenvalue weighted by Gasteiger charge is -2.14. The van der Waals surface area contributed by atoms with Gasteiger partial charge in [0.15, 0.2) is 10.9 Å². The summed E-state index contributed by atoms with van der Waals surface area (Å²) in [6.07, 6.45) is 1.59. The van der Waals surface area contributed by atoms with E-state index in [4.69, 9.17) is 12.2 Å². The summed E-state index contributed by atoms with van der Waals surface area (Å²) in [7, 11) is 0. The molecule has 0 saturated carbocycles. The summed E-state index contributed by atoms with van der Waals surface area (Å²) in [5.74, 6) is 0.322. The number of non-ortho nitro benzene ring substituents is 2. The van der Waals surface area contributed by atoms with E-state index in [1.165, 1.54) is 48.5 Å². The topological polar surface area (TPSA) is 148 Å². The van der Waals surface area contributed by atoms with Gasteiger partial charge in [-0.2, -0.15) is 0 Å². The average molecular weight is 437 g/mol. The molecule has 0 saturated heterocycles. The van der Waals surface area contributed by atoms with Gasteiger partial charge in [0, 0.05) is 36.1 Å². The van der Waals surface area contributed by atoms with Gasteiger partial charge in [-0.25, -0.2) is 4.99 Å². The fourth-order valence-corrected chi connectivity index (χ4v) is 2.54. The Labute approximate surface area is 181 Å². The lowest BCUT2D eigenvalue weighted by atomic mass is 10.3. The minimum absolute atomic E-state index is 0.0322. The van der Waals surface area contributed by atoms with Crippen molar-refractivity contribution in [3.8, 4) is 0 Å². The maximum atomic E-state index is 10.8. The summed E-state index contributed by atoms with van der Waals surface area (Å²) in [6.45, 7) is 0. The number of nitro benzene ring substituents is 2. The van der Waals surface area contributed by atoms with Gasteiger partial charge in [-0.1, -0.05) is 6.07 Å². The molecule has 3 N–H and O–H groups in total. The molecule has 0 radical (unpaired) electrons. The molecule has 2 aromatic carbocycles. The zero-order valence-corrected chi connectivity index (χ0v) is 16.6. The van der Waals surface area contributed by atoms with E-state index in [0.717, 1.165) is 0 Å². The van der Waals surface area contributed by atoms with Gasteiger partial charge >= 0.3 is 0 Å². The lowest BCUT2D eigenvalue weighted by molar-refractivity contribution is -0.385. The van der Waals surface area contributed by atoms with Crippen LogP contribution in [0.3, 0.4) is 0 Å². The third kappa shape index (κ3) is 6.01. The monoisotopic (exact) mass is 437 g/mol. The molecule has 12 heteroatoms. The van der Waals surface area contributed by atoms with Crippen molar-refractivity contribution in [1.29, 1.82) is 0 Å². The molecule has 31 heavy (non-hydrogen) atoms. The minimum Gasteiger partial charge on any atom is -0.331 e. The Morgan fingerprint density at radius 3 is 2.03 bits per heavy atom. The first-order valence-corrected chi connectivity index (χ1v) is 9.15. The molecule has 0 spiro atoms. The zero-order valence-electron chi connectivity index (χ0n) is 15.8. The van der Waals surface area contributed by atoms with Crippen molar-refractivity contribution >= 4 is 45.9 Å². The van der Waals surface area contributed by atoms with Crippen molar-refractivity contribution in [2.45, 2.75) is 0 Å². The molecule has 0 amide bonds. The molecule has 0 unspecified atom stereocenters. The first kappa shape index (κ1) is 21.3. The molecule has 3 rings (SSSR count). The van der Waals surface area contributed by atoms with Crippen LogP contribution in [-0.2, 0) is 0 Å². The van der Waals surface area contributed by atoms with E-state index in [9.17, 15) is 20.2 Å². The van der Waals surface area contributed by atoms with Gasteiger partial charge in [-0.15, -0.1) is 0 Å². The maximum Gasteiger partial charge on any atom is 0.269 e. The highest BCUT2D eigenvalue weighted by molar-refractivity contribution is 7.80. The van der Waals surface area contributed by atoms with Crippen LogP contribution in [0.5, 0.6) is 0 Å². The van der Waals surface area contributed by atoms with Crippen molar-refractivity contribution in [3.63, 3.8) is 0 Å². The number of aromatic nitrogens is 1. The SMILES string of the molecule is O=[N+]([O-])c1ccc(N=C(NNC(=S)Nc2ccc([N+](=O)[O-])cc2)c2ccccn2)cc1. The Hall–Kier alpha value is -4.45. The van der Waals surface area contributed by atoms with Crippen molar-refractivity contribution < 1.29 is 9.85 Å². The Bertz CT molecular complexity index is 1120. The minimum atomic E-state index is -0.491. The van der Waals surface area contributed by atoms with Crippen LogP contribution >= 0.6 is 12.2 Å². The van der Waals surface area contributed by atoms with E-state index < -0.39 is 9.85 Å². The first-order chi connectivity index (χ1) is 14.9. The number of amidine groups is 1. The van der Waals surface area contributed by atoms with Gasteiger partial charge in [0.05, 0.1) is 15.5 Å². The highest BCUT2D eigenvalue weighted by Gasteiger charge is 2.09. The number of thiocarbonyl (C=S) groups is 1. The van der Waals surface area contributed by atoms with Gasteiger partial charge in [0.2, 0.25) is 0 Å². The van der Waals surface area contributed by atoms with E-state index in [1.54, 1.807) is 24.4 Å². The Balaban J connectivity index is 1.72. The third-order valence-corrected chi connectivity index (χ3v) is 4.04. The van der Waals surface area contributed by atoms with Gasteiger partial charge in [0.25, 0.3) is 11.4 Å². The number of hydrogen-bond donors (Lipinski definition) is 3. The van der Waals surface area contributed by atoms with Crippen LogP contribution in [0.25, 0.3) is 0 Å². The fraction of sp³-hybridized carbons (Fsp3) is 0. The third-order valence-electron chi connectivity index (χ3n) is 3.84. The highest BCUT2D eigenvalue weighted by atomic mass is 32.1. The molecule has 0 aliphatic carbocycles. The van der Waals surface area contributed by atoms with E-state index in [1.807, 2.05) is 0 Å². The normalized spacial score (nSPS) is 10.8. The molecule has 1 heterocycles. The van der Waals surface area contributed by atoms with Crippen LogP contribution in [0.4, 0.5) is 22.7 Å². The number of nitro groups is 2. The molecular formula is C19H15N7O4S. The van der Waals surface area contributed by atoms with Crippen LogP contribution in [0, 0.1) is 20.2 Å². The van der Waals surface area contributed by atoms with Gasteiger partial charge in [-0.05, 0) is 48.6 Å². The predicted octanol–water partition coefficient (Wildman–Crippen LogP) is 3.47. The van der Waals surface area contributed by atoms with Crippen LogP contribution < -0.4 is 16.2 Å². The van der Waals surface area contributed by atoms with Gasteiger partial charge in [0.1, 0.15) is 5.69 Å². The maximum absolute atomic E-state index is 10.8. The molecule has 0 atom stereocenters. The van der Waals surface area contributed by atoms with Crippen LogP contribution in [0.1, 0.15) is 5.69 Å². The predicted molar refractivity (Wildman–Crippen MR) is 119 cm³/mol. The van der Waals surface area contributed by atoms with E-state index in [-0.39, 0.29) is 16.5 Å². The van der Waals surface area contributed by atoms with E-state index >= 15 is 0 Å². The van der Waals surface area contributed by atoms with E-state index in [2.05, 4.69) is 26.1 Å². The molecular weight excluding hydrogens is 422 g/mol. The number of nitrogens with one attached hydrogen (secondary N) is 3. The number of aliphatic imine (C=N–C) groups is 1. The Kier molecular flexibility index (Phi) is 6.75. The summed E-state index contributed by atoms with van der Waals surface area (Å²) >= 11 is 5.23. The zero-order chi connectivity index (χ0) is 22.2. The van der Waals surface area contributed by atoms with Crippen molar-refractivity contribution in [2.24, 2.45) is 4.99 Å². The van der Waals surface area contributed by atoms with Crippen LogP contribution in [0.2, 0.25) is 0 Å². The van der Waals surface area contributed by atoms with E-state index in [0.29, 0.717) is 22.9 Å². The number of hydrazine groups is 1. The molecule has 0 fully saturated rings. The summed E-state index contributed by atoms with van der Waals surface area (Å²) in [6, 6.07) is 16.7. The molecule has 1 aromatic heterocycles. The lowest BCUT2D eigenvalue weighted by Crippen LogP contribution is -2.44. The second-order valence-electron chi connectivity index (χ2n) is 5.96. The van der Waals surface area contributed by atoms with Crippen molar-refractivity contribution in [3.05, 3.63) is 98.8 Å². The molecule has 11 nitrogen and oxygen atoms in total. The number of benzene rings is 2. The van der Waals surface area contributed by atoms with Crippen LogP contribution in [0.15, 0.2) is 77.9 Å². The van der Waals surface area contributed by atoms with Gasteiger partial charge in [-0.3, -0.25) is 36.1 Å². The molecule has 0 aliphatic rings. The number of nitrogens with zero attached hydrogens (tertiary/aromatic N) is 4. The molecule has 3 aromatic rings. The highest BCUT2D eigenvalue weighted by Crippen LogP contribution is 2.18. The first-order valence-electron chi connectivity index (χ1n) is 8.74. The van der Waals surface area contributed by atoms with Gasteiger partial charge < -0.3 is 5.32 Å². The number of rotatable bonds is 5. The summed E-state index contributed by atoms with van der Waals surface area (Å²) in [5, 5.41) is 24.6. The second kappa shape index (κ2) is 9.84. The van der Waals surface area contributed by atoms with Crippen LogP contribution in [-0.4, -0.2) is 25.8 Å². The second-order valence-corrected chi connectivity index (χ2v) is 6.37. The number of anilines is 1. The quantitative estimate of drug-likeness (QED) is 0.179. The number of hydrogen-bond acceptors (Lipinski definition) is 7. The Morgan fingerprint density at radius 1 is 0.871 bits per heavy atom. The Morgan fingerprint density at radius 2 is 1.48 bits per heavy atom. The summed E-state index contributed by atoms with van der Waals surface area (Å²) in [4.78, 5) is 29.2. The molecule has 0 aliphatic heterocycles.